The van der Waals surface area contributed by atoms with Crippen LogP contribution in [0, 0.1) is 5.92 Å². The molecule has 1 saturated heterocycles. The zero-order valence-electron chi connectivity index (χ0n) is 7.82. The van der Waals surface area contributed by atoms with Gasteiger partial charge in [0.05, 0.1) is 0 Å². The lowest BCUT2D eigenvalue weighted by Gasteiger charge is -2.13. The summed E-state index contributed by atoms with van der Waals surface area (Å²) in [5, 5.41) is 8.47. The minimum Gasteiger partial charge on any atom is -0.481 e. The number of hydrogen-bond donors (Lipinski definition) is 1. The first-order chi connectivity index (χ1) is 6.09. The fourth-order valence-electron chi connectivity index (χ4n) is 1.68. The Morgan fingerprint density at radius 2 is 2.23 bits per heavy atom. The lowest BCUT2D eigenvalue weighted by molar-refractivity contribution is -0.137. The molecule has 4 heteroatoms. The van der Waals surface area contributed by atoms with E-state index < -0.39 is 5.97 Å². The van der Waals surface area contributed by atoms with Crippen molar-refractivity contribution >= 4 is 11.9 Å². The van der Waals surface area contributed by atoms with Crippen molar-refractivity contribution < 1.29 is 14.7 Å². The van der Waals surface area contributed by atoms with E-state index in [0.29, 0.717) is 12.3 Å². The Morgan fingerprint density at radius 1 is 1.54 bits per heavy atom. The zero-order chi connectivity index (χ0) is 9.84. The van der Waals surface area contributed by atoms with Crippen LogP contribution in [0.15, 0.2) is 0 Å². The molecule has 0 radical (unpaired) electrons. The normalized spacial score (nSPS) is 21.9. The van der Waals surface area contributed by atoms with E-state index in [1.165, 1.54) is 0 Å². The maximum atomic E-state index is 10.9. The molecule has 1 aliphatic rings. The van der Waals surface area contributed by atoms with Crippen molar-refractivity contribution in [2.75, 3.05) is 13.1 Å². The maximum absolute atomic E-state index is 10.9. The van der Waals surface area contributed by atoms with Crippen LogP contribution in [0.25, 0.3) is 0 Å². The fourth-order valence-corrected chi connectivity index (χ4v) is 1.68. The highest BCUT2D eigenvalue weighted by molar-refractivity contribution is 5.73. The standard InChI is InChI=1S/C9H15NO3/c1-7(11)10-5-4-8(6-10)2-3-9(12)13/h8H,2-6H2,1H3,(H,12,13). The molecule has 1 amide bonds. The minimum absolute atomic E-state index is 0.0952. The Morgan fingerprint density at radius 3 is 2.69 bits per heavy atom. The van der Waals surface area contributed by atoms with E-state index in [4.69, 9.17) is 5.11 Å². The van der Waals surface area contributed by atoms with E-state index in [1.807, 2.05) is 0 Å². The smallest absolute Gasteiger partial charge is 0.303 e. The lowest BCUT2D eigenvalue weighted by Crippen LogP contribution is -2.25. The van der Waals surface area contributed by atoms with Crippen LogP contribution in [-0.4, -0.2) is 35.0 Å². The third-order valence-electron chi connectivity index (χ3n) is 2.50. The fraction of sp³-hybridized carbons (Fsp3) is 0.778. The van der Waals surface area contributed by atoms with Gasteiger partial charge in [-0.2, -0.15) is 0 Å². The maximum Gasteiger partial charge on any atom is 0.303 e. The average molecular weight is 185 g/mol. The lowest BCUT2D eigenvalue weighted by atomic mass is 10.0. The largest absolute Gasteiger partial charge is 0.481 e. The van der Waals surface area contributed by atoms with Crippen LogP contribution in [0.4, 0.5) is 0 Å². The van der Waals surface area contributed by atoms with Crippen molar-refractivity contribution in [3.05, 3.63) is 0 Å². The Labute approximate surface area is 77.5 Å². The molecule has 1 N–H and O–H groups in total. The van der Waals surface area contributed by atoms with Crippen molar-refractivity contribution in [3.8, 4) is 0 Å². The van der Waals surface area contributed by atoms with Crippen LogP contribution in [0.1, 0.15) is 26.2 Å². The van der Waals surface area contributed by atoms with Crippen molar-refractivity contribution in [2.24, 2.45) is 5.92 Å². The van der Waals surface area contributed by atoms with Crippen LogP contribution < -0.4 is 0 Å². The Hall–Kier alpha value is -1.06. The van der Waals surface area contributed by atoms with E-state index in [1.54, 1.807) is 11.8 Å². The summed E-state index contributed by atoms with van der Waals surface area (Å²) in [6, 6.07) is 0. The van der Waals surface area contributed by atoms with Gasteiger partial charge in [0.2, 0.25) is 5.91 Å². The van der Waals surface area contributed by atoms with Gasteiger partial charge in [-0.1, -0.05) is 0 Å². The number of carboxylic acid groups (broad SMARTS) is 1. The number of likely N-dealkylation sites (tertiary alicyclic amines) is 1. The van der Waals surface area contributed by atoms with Gasteiger partial charge in [-0.3, -0.25) is 9.59 Å². The molecular formula is C9H15NO3. The number of nitrogens with zero attached hydrogens (tertiary/aromatic N) is 1. The topological polar surface area (TPSA) is 57.6 Å². The van der Waals surface area contributed by atoms with Crippen LogP contribution >= 0.6 is 0 Å². The van der Waals surface area contributed by atoms with Gasteiger partial charge in [-0.05, 0) is 18.8 Å². The predicted molar refractivity (Wildman–Crippen MR) is 47.2 cm³/mol. The number of rotatable bonds is 3. The molecule has 4 nitrogen and oxygen atoms in total. The third kappa shape index (κ3) is 3.05. The average Bonchev–Trinajstić information content (AvgIpc) is 2.48. The van der Waals surface area contributed by atoms with E-state index >= 15 is 0 Å². The Bertz CT molecular complexity index is 215. The molecule has 0 aromatic carbocycles. The molecule has 1 rings (SSSR count). The zero-order valence-corrected chi connectivity index (χ0v) is 7.82. The van der Waals surface area contributed by atoms with Crippen molar-refractivity contribution in [1.29, 1.82) is 0 Å². The highest BCUT2D eigenvalue weighted by Gasteiger charge is 2.24. The first-order valence-electron chi connectivity index (χ1n) is 4.57. The number of amides is 1. The molecule has 0 spiro atoms. The summed E-state index contributed by atoms with van der Waals surface area (Å²) in [4.78, 5) is 23.0. The summed E-state index contributed by atoms with van der Waals surface area (Å²) in [7, 11) is 0. The van der Waals surface area contributed by atoms with Gasteiger partial charge in [0.25, 0.3) is 0 Å². The van der Waals surface area contributed by atoms with Crippen molar-refractivity contribution in [2.45, 2.75) is 26.2 Å². The first-order valence-corrected chi connectivity index (χ1v) is 4.57. The van der Waals surface area contributed by atoms with Gasteiger partial charge >= 0.3 is 5.97 Å². The highest BCUT2D eigenvalue weighted by atomic mass is 16.4. The first kappa shape index (κ1) is 10.0. The summed E-state index contributed by atoms with van der Waals surface area (Å²) in [5.41, 5.74) is 0. The molecule has 1 unspecified atom stereocenters. The molecule has 1 heterocycles. The van der Waals surface area contributed by atoms with Crippen molar-refractivity contribution in [3.63, 3.8) is 0 Å². The van der Waals surface area contributed by atoms with Crippen LogP contribution in [-0.2, 0) is 9.59 Å². The van der Waals surface area contributed by atoms with Gasteiger partial charge < -0.3 is 10.0 Å². The summed E-state index contributed by atoms with van der Waals surface area (Å²) >= 11 is 0. The van der Waals surface area contributed by atoms with Gasteiger partial charge in [-0.25, -0.2) is 0 Å². The Kier molecular flexibility index (Phi) is 3.28. The summed E-state index contributed by atoms with van der Waals surface area (Å²) in [6.07, 6.45) is 1.86. The Balaban J connectivity index is 2.25. The van der Waals surface area contributed by atoms with Gasteiger partial charge in [0.15, 0.2) is 0 Å². The molecule has 74 valence electrons. The van der Waals surface area contributed by atoms with Crippen LogP contribution in [0.3, 0.4) is 0 Å². The molecule has 0 aromatic heterocycles. The monoisotopic (exact) mass is 185 g/mol. The number of carbonyl (C=O) groups excluding carboxylic acids is 1. The molecule has 0 aromatic rings. The number of hydrogen-bond acceptors (Lipinski definition) is 2. The van der Waals surface area contributed by atoms with Crippen LogP contribution in [0.2, 0.25) is 0 Å². The predicted octanol–water partition coefficient (Wildman–Crippen LogP) is 0.720. The molecule has 0 aliphatic carbocycles. The van der Waals surface area contributed by atoms with E-state index in [2.05, 4.69) is 0 Å². The third-order valence-corrected chi connectivity index (χ3v) is 2.50. The molecule has 1 fully saturated rings. The molecular weight excluding hydrogens is 170 g/mol. The van der Waals surface area contributed by atoms with E-state index in [9.17, 15) is 9.59 Å². The number of carboxylic acids is 1. The second-order valence-electron chi connectivity index (χ2n) is 3.55. The number of carbonyl (C=O) groups is 2. The summed E-state index contributed by atoms with van der Waals surface area (Å²) in [5.74, 6) is -0.265. The van der Waals surface area contributed by atoms with Crippen LogP contribution in [0.5, 0.6) is 0 Å². The van der Waals surface area contributed by atoms with Gasteiger partial charge in [0.1, 0.15) is 0 Å². The number of aliphatic carboxylic acids is 1. The summed E-state index contributed by atoms with van der Waals surface area (Å²) in [6.45, 7) is 3.09. The molecule has 0 saturated carbocycles. The summed E-state index contributed by atoms with van der Waals surface area (Å²) < 4.78 is 0. The van der Waals surface area contributed by atoms with E-state index in [-0.39, 0.29) is 12.3 Å². The SMILES string of the molecule is CC(=O)N1CCC(CCC(=O)O)C1. The molecule has 1 atom stereocenters. The molecule has 13 heavy (non-hydrogen) atoms. The van der Waals surface area contributed by atoms with Crippen molar-refractivity contribution in [1.82, 2.24) is 4.90 Å². The molecule has 0 bridgehead atoms. The minimum atomic E-state index is -0.749. The second-order valence-corrected chi connectivity index (χ2v) is 3.55. The molecule has 1 aliphatic heterocycles. The quantitative estimate of drug-likeness (QED) is 0.704. The highest BCUT2D eigenvalue weighted by Crippen LogP contribution is 2.20. The van der Waals surface area contributed by atoms with E-state index in [0.717, 1.165) is 19.5 Å². The second kappa shape index (κ2) is 4.25. The van der Waals surface area contributed by atoms with Gasteiger partial charge in [-0.15, -0.1) is 0 Å². The van der Waals surface area contributed by atoms with Gasteiger partial charge in [0, 0.05) is 26.4 Å².